The minimum atomic E-state index is -0.234. The molecule has 0 bridgehead atoms. The fourth-order valence-corrected chi connectivity index (χ4v) is 9.97. The van der Waals surface area contributed by atoms with Crippen LogP contribution in [0.1, 0.15) is 59.9 Å². The van der Waals surface area contributed by atoms with Crippen molar-refractivity contribution in [3.63, 3.8) is 0 Å². The van der Waals surface area contributed by atoms with Gasteiger partial charge < -0.3 is 19.9 Å². The van der Waals surface area contributed by atoms with Gasteiger partial charge in [0.15, 0.2) is 5.78 Å². The standard InChI is InChI=1S/C39H34Cl2N4O4S2/c1-23-17-28(36(42-20-23)44-21-39(22-44)11-14-49-15-12-39)37(47)43-26-7-5-24(6-8-26)38(48)45-13-9-25-18-33(51-34(25)35-31(45)10-16-50-35)32(46)19-27-29(40)3-2-4-30(27)41/h2-8,10,16-18,20H,9,11-15,19,21-22H2,1H3,(H,43,47). The predicted molar refractivity (Wildman–Crippen MR) is 206 cm³/mol. The van der Waals surface area contributed by atoms with E-state index in [-0.39, 0.29) is 29.4 Å². The lowest BCUT2D eigenvalue weighted by Crippen LogP contribution is -2.59. The van der Waals surface area contributed by atoms with Crippen molar-refractivity contribution in [3.05, 3.63) is 115 Å². The lowest BCUT2D eigenvalue weighted by Gasteiger charge is -2.53. The van der Waals surface area contributed by atoms with E-state index in [1.54, 1.807) is 64.9 Å². The Morgan fingerprint density at radius 3 is 2.47 bits per heavy atom. The Bertz CT molecular complexity index is 2150. The summed E-state index contributed by atoms with van der Waals surface area (Å²) in [7, 11) is 0. The van der Waals surface area contributed by atoms with Gasteiger partial charge in [0.1, 0.15) is 5.82 Å². The van der Waals surface area contributed by atoms with Gasteiger partial charge in [-0.1, -0.05) is 29.3 Å². The van der Waals surface area contributed by atoms with Gasteiger partial charge in [0.2, 0.25) is 0 Å². The number of benzene rings is 2. The molecule has 12 heteroatoms. The molecular formula is C39H34Cl2N4O4S2. The molecule has 3 aliphatic rings. The van der Waals surface area contributed by atoms with Crippen LogP contribution in [0.15, 0.2) is 72.2 Å². The zero-order valence-corrected chi connectivity index (χ0v) is 31.0. The number of anilines is 3. The van der Waals surface area contributed by atoms with Crippen molar-refractivity contribution in [2.24, 2.45) is 5.41 Å². The average Bonchev–Trinajstić information content (AvgIpc) is 3.74. The van der Waals surface area contributed by atoms with Gasteiger partial charge in [0.25, 0.3) is 11.8 Å². The molecule has 51 heavy (non-hydrogen) atoms. The zero-order valence-electron chi connectivity index (χ0n) is 27.8. The van der Waals surface area contributed by atoms with Crippen LogP contribution in [-0.4, -0.2) is 55.4 Å². The van der Waals surface area contributed by atoms with E-state index >= 15 is 0 Å². The molecule has 0 unspecified atom stereocenters. The summed E-state index contributed by atoms with van der Waals surface area (Å²) < 4.78 is 5.56. The third kappa shape index (κ3) is 6.60. The van der Waals surface area contributed by atoms with E-state index in [0.717, 1.165) is 65.7 Å². The molecule has 2 amide bonds. The molecular weight excluding hydrogens is 723 g/mol. The summed E-state index contributed by atoms with van der Waals surface area (Å²) in [6.07, 6.45) is 4.59. The molecule has 2 aromatic carbocycles. The Kier molecular flexibility index (Phi) is 9.23. The second kappa shape index (κ2) is 13.8. The van der Waals surface area contributed by atoms with E-state index in [4.69, 9.17) is 27.9 Å². The number of aryl methyl sites for hydroxylation is 1. The molecule has 0 radical (unpaired) electrons. The number of pyridine rings is 1. The van der Waals surface area contributed by atoms with Crippen LogP contribution >= 0.6 is 45.9 Å². The molecule has 8 rings (SSSR count). The first-order chi connectivity index (χ1) is 24.7. The Morgan fingerprint density at radius 2 is 1.73 bits per heavy atom. The molecule has 2 saturated heterocycles. The number of hydrogen-bond acceptors (Lipinski definition) is 8. The monoisotopic (exact) mass is 756 g/mol. The highest BCUT2D eigenvalue weighted by Crippen LogP contribution is 2.46. The number of ketones is 1. The van der Waals surface area contributed by atoms with E-state index in [9.17, 15) is 14.4 Å². The van der Waals surface area contributed by atoms with Crippen molar-refractivity contribution >= 4 is 80.7 Å². The van der Waals surface area contributed by atoms with Gasteiger partial charge in [-0.3, -0.25) is 14.4 Å². The fourth-order valence-electron chi connectivity index (χ4n) is 7.21. The number of carbonyl (C=O) groups is 3. The quantitative estimate of drug-likeness (QED) is 0.167. The van der Waals surface area contributed by atoms with E-state index in [1.165, 1.54) is 11.3 Å². The summed E-state index contributed by atoms with van der Waals surface area (Å²) in [6.45, 7) is 5.71. The second-order valence-corrected chi connectivity index (χ2v) is 16.3. The third-order valence-corrected chi connectivity index (χ3v) is 13.0. The molecule has 0 atom stereocenters. The molecule has 2 fully saturated rings. The Morgan fingerprint density at radius 1 is 0.980 bits per heavy atom. The van der Waals surface area contributed by atoms with Gasteiger partial charge in [0.05, 0.1) is 25.9 Å². The maximum absolute atomic E-state index is 14.0. The number of halogens is 2. The molecule has 6 heterocycles. The van der Waals surface area contributed by atoms with Crippen LogP contribution in [0.25, 0.3) is 9.75 Å². The van der Waals surface area contributed by atoms with Crippen molar-refractivity contribution in [1.29, 1.82) is 0 Å². The number of rotatable bonds is 7. The summed E-state index contributed by atoms with van der Waals surface area (Å²) >= 11 is 15.7. The average molecular weight is 758 g/mol. The second-order valence-electron chi connectivity index (χ2n) is 13.5. The summed E-state index contributed by atoms with van der Waals surface area (Å²) in [4.78, 5) is 52.1. The number of nitrogens with zero attached hydrogens (tertiary/aromatic N) is 3. The maximum Gasteiger partial charge on any atom is 0.259 e. The van der Waals surface area contributed by atoms with Crippen LogP contribution in [0, 0.1) is 12.3 Å². The number of nitrogens with one attached hydrogen (secondary N) is 1. The Labute approximate surface area is 314 Å². The number of ether oxygens (including phenoxy) is 1. The summed E-state index contributed by atoms with van der Waals surface area (Å²) in [5.41, 5.74) is 5.30. The predicted octanol–water partition coefficient (Wildman–Crippen LogP) is 8.98. The molecule has 8 nitrogen and oxygen atoms in total. The lowest BCUT2D eigenvalue weighted by atomic mass is 9.73. The summed E-state index contributed by atoms with van der Waals surface area (Å²) in [5.74, 6) is 0.296. The smallest absolute Gasteiger partial charge is 0.259 e. The number of carbonyl (C=O) groups excluding carboxylic acids is 3. The van der Waals surface area contributed by atoms with Crippen molar-refractivity contribution < 1.29 is 19.1 Å². The Balaban J connectivity index is 0.960. The van der Waals surface area contributed by atoms with E-state index < -0.39 is 0 Å². The minimum absolute atomic E-state index is 0.0416. The van der Waals surface area contributed by atoms with Gasteiger partial charge >= 0.3 is 0 Å². The molecule has 0 saturated carbocycles. The zero-order chi connectivity index (χ0) is 35.3. The van der Waals surface area contributed by atoms with Crippen molar-refractivity contribution in [3.8, 4) is 9.75 Å². The molecule has 260 valence electrons. The minimum Gasteiger partial charge on any atom is -0.381 e. The topological polar surface area (TPSA) is 91.8 Å². The number of fused-ring (bicyclic) bond motifs is 3. The number of Topliss-reactive ketones (excluding diaryl/α,β-unsaturated/α-hetero) is 1. The van der Waals surface area contributed by atoms with Gasteiger partial charge in [0, 0.05) is 72.2 Å². The maximum atomic E-state index is 14.0. The van der Waals surface area contributed by atoms with Crippen molar-refractivity contribution in [1.82, 2.24) is 4.98 Å². The van der Waals surface area contributed by atoms with E-state index in [1.807, 2.05) is 30.5 Å². The molecule has 1 spiro atoms. The van der Waals surface area contributed by atoms with Crippen LogP contribution in [-0.2, 0) is 17.6 Å². The fraction of sp³-hybridized carbons (Fsp3) is 0.282. The van der Waals surface area contributed by atoms with Gasteiger partial charge in [-0.05, 0) is 103 Å². The number of amides is 2. The van der Waals surface area contributed by atoms with E-state index in [0.29, 0.717) is 56.1 Å². The van der Waals surface area contributed by atoms with E-state index in [2.05, 4.69) is 15.2 Å². The van der Waals surface area contributed by atoms with Crippen LogP contribution in [0.5, 0.6) is 0 Å². The number of hydrogen-bond donors (Lipinski definition) is 1. The lowest BCUT2D eigenvalue weighted by molar-refractivity contribution is -0.000511. The first kappa shape index (κ1) is 34.0. The number of aromatic nitrogens is 1. The molecule has 3 aromatic heterocycles. The van der Waals surface area contributed by atoms with Crippen LogP contribution in [0.4, 0.5) is 17.2 Å². The highest BCUT2D eigenvalue weighted by Gasteiger charge is 2.45. The van der Waals surface area contributed by atoms with Gasteiger partial charge in [-0.25, -0.2) is 4.98 Å². The van der Waals surface area contributed by atoms with Crippen molar-refractivity contribution in [2.45, 2.75) is 32.6 Å². The van der Waals surface area contributed by atoms with Crippen LogP contribution < -0.4 is 15.1 Å². The summed E-state index contributed by atoms with van der Waals surface area (Å²) in [5, 5.41) is 5.94. The first-order valence-electron chi connectivity index (χ1n) is 16.9. The number of thiophene rings is 2. The molecule has 0 aliphatic carbocycles. The SMILES string of the molecule is Cc1cnc(N2CC3(CCOCC3)C2)c(C(=O)Nc2ccc(C(=O)N3CCc4cc(C(=O)Cc5c(Cl)cccc5Cl)sc4-c4sccc43)cc2)c1. The highest BCUT2D eigenvalue weighted by molar-refractivity contribution is 7.23. The van der Waals surface area contributed by atoms with Crippen LogP contribution in [0.2, 0.25) is 10.0 Å². The molecule has 5 aromatic rings. The van der Waals surface area contributed by atoms with Gasteiger partial charge in [-0.2, -0.15) is 0 Å². The summed E-state index contributed by atoms with van der Waals surface area (Å²) in [6, 6.07) is 18.1. The molecule has 3 aliphatic heterocycles. The largest absolute Gasteiger partial charge is 0.381 e. The third-order valence-electron chi connectivity index (χ3n) is 10.0. The Hall–Kier alpha value is -4.06. The molecule has 1 N–H and O–H groups in total. The highest BCUT2D eigenvalue weighted by atomic mass is 35.5. The van der Waals surface area contributed by atoms with Crippen molar-refractivity contribution in [2.75, 3.05) is 48.0 Å². The van der Waals surface area contributed by atoms with Gasteiger partial charge in [-0.15, -0.1) is 22.7 Å². The van der Waals surface area contributed by atoms with Crippen LogP contribution in [0.3, 0.4) is 0 Å². The normalized spacial score (nSPS) is 16.2. The first-order valence-corrected chi connectivity index (χ1v) is 19.3.